The average Bonchev–Trinajstić information content (AvgIpc) is 2.83. The molecule has 0 saturated heterocycles. The van der Waals surface area contributed by atoms with Gasteiger partial charge in [0.1, 0.15) is 0 Å². The normalized spacial score (nSPS) is 10.4. The van der Waals surface area contributed by atoms with Gasteiger partial charge in [0.2, 0.25) is 0 Å². The predicted octanol–water partition coefficient (Wildman–Crippen LogP) is 2.16. The lowest BCUT2D eigenvalue weighted by molar-refractivity contribution is 0.343. The zero-order chi connectivity index (χ0) is 22.2. The molecule has 1 N–H and O–H groups in total. The minimum absolute atomic E-state index is 0.234. The van der Waals surface area contributed by atoms with Crippen molar-refractivity contribution in [1.29, 1.82) is 0 Å². The topological polar surface area (TPSA) is 46.5 Å². The van der Waals surface area contributed by atoms with E-state index in [1.54, 1.807) is 0 Å². The molecular formula is C25H27Al2O3P. The van der Waals surface area contributed by atoms with Crippen molar-refractivity contribution in [3.63, 3.8) is 0 Å². The van der Waals surface area contributed by atoms with Crippen molar-refractivity contribution in [2.45, 2.75) is 0 Å². The van der Waals surface area contributed by atoms with Crippen molar-refractivity contribution in [3.8, 4) is 0 Å². The lowest BCUT2D eigenvalue weighted by Gasteiger charge is -1.97. The molecule has 0 heterocycles. The van der Waals surface area contributed by atoms with Gasteiger partial charge in [-0.15, -0.1) is 17.7 Å². The molecule has 0 aliphatic rings. The van der Waals surface area contributed by atoms with E-state index in [-0.39, 0.29) is 30.4 Å². The van der Waals surface area contributed by atoms with Gasteiger partial charge in [-0.25, -0.2) is 0 Å². The van der Waals surface area contributed by atoms with Crippen LogP contribution in [-0.2, 0) is 9.09 Å². The molecule has 0 spiro atoms. The van der Waals surface area contributed by atoms with E-state index in [1.165, 1.54) is 24.8 Å². The number of rotatable bonds is 5. The first-order valence-electron chi connectivity index (χ1n) is 10.1. The van der Waals surface area contributed by atoms with E-state index in [1.807, 2.05) is 0 Å². The summed E-state index contributed by atoms with van der Waals surface area (Å²) in [6.07, 6.45) is 0. The van der Waals surface area contributed by atoms with Crippen LogP contribution < -0.4 is 17.7 Å². The Balaban J connectivity index is 0.000000182. The maximum Gasteiger partial charge on any atom is 0.323 e. The summed E-state index contributed by atoms with van der Waals surface area (Å²) in [6, 6.07) is 43.0. The summed E-state index contributed by atoms with van der Waals surface area (Å²) in [5, 5.41) is 0. The first kappa shape index (κ1) is 25.4. The Morgan fingerprint density at radius 1 is 0.548 bits per heavy atom. The molecule has 1 atom stereocenters. The van der Waals surface area contributed by atoms with E-state index in [2.05, 4.69) is 126 Å². The van der Waals surface area contributed by atoms with E-state index >= 15 is 0 Å². The van der Waals surface area contributed by atoms with Gasteiger partial charge in [-0.1, -0.05) is 121 Å². The summed E-state index contributed by atoms with van der Waals surface area (Å²) >= 11 is -0.468. The monoisotopic (exact) mass is 460 g/mol. The van der Waals surface area contributed by atoms with Gasteiger partial charge < -0.3 is 9.42 Å². The van der Waals surface area contributed by atoms with Crippen LogP contribution in [0.4, 0.5) is 0 Å². The Bertz CT molecular complexity index is 834. The molecule has 4 aromatic rings. The van der Waals surface area contributed by atoms with Crippen molar-refractivity contribution >= 4 is 56.4 Å². The van der Waals surface area contributed by atoms with E-state index in [9.17, 15) is 4.57 Å². The molecule has 0 aliphatic heterocycles. The molecule has 31 heavy (non-hydrogen) atoms. The molecule has 0 aliphatic carbocycles. The fraction of sp³-hybridized carbons (Fsp3) is 0.0400. The van der Waals surface area contributed by atoms with Crippen LogP contribution in [0, 0.1) is 0 Å². The zero-order valence-electron chi connectivity index (χ0n) is 17.7. The van der Waals surface area contributed by atoms with E-state index in [4.69, 9.17) is 4.89 Å². The van der Waals surface area contributed by atoms with Crippen LogP contribution in [0.1, 0.15) is 0 Å². The highest BCUT2D eigenvalue weighted by Gasteiger charge is 1.98. The van der Waals surface area contributed by atoms with E-state index in [0.29, 0.717) is 0 Å². The fourth-order valence-electron chi connectivity index (χ4n) is 2.85. The molecule has 0 aromatic heterocycles. The van der Waals surface area contributed by atoms with Crippen LogP contribution in [0.5, 0.6) is 0 Å². The Kier molecular flexibility index (Phi) is 12.9. The molecule has 0 radical (unpaired) electrons. The molecular weight excluding hydrogens is 433 g/mol. The first-order valence-corrected chi connectivity index (χ1v) is 14.2. The Hall–Kier alpha value is -1.91. The highest BCUT2D eigenvalue weighted by atomic mass is 31.1. The molecule has 0 bridgehead atoms. The molecule has 0 amide bonds. The minimum atomic E-state index is -2.62. The van der Waals surface area contributed by atoms with E-state index < -0.39 is 8.25 Å². The Labute approximate surface area is 198 Å². The standard InChI is InChI=1S/4C6H5.CH5O3P.2Al.2H/c4*1-2-4-6-5-3-1;1-4-5(2)3;;;;/h4*1-5H;5H,1H3,(H,2,3);;;;. The van der Waals surface area contributed by atoms with Gasteiger partial charge >= 0.3 is 38.7 Å². The molecule has 0 saturated carbocycles. The van der Waals surface area contributed by atoms with Crippen molar-refractivity contribution < 1.29 is 14.0 Å². The highest BCUT2D eigenvalue weighted by molar-refractivity contribution is 7.32. The smallest absolute Gasteiger partial charge is 0.323 e. The summed E-state index contributed by atoms with van der Waals surface area (Å²) in [7, 11) is -1.44. The van der Waals surface area contributed by atoms with Gasteiger partial charge in [-0.05, 0) is 0 Å². The average molecular weight is 460 g/mol. The molecule has 4 rings (SSSR count). The number of benzene rings is 4. The predicted molar refractivity (Wildman–Crippen MR) is 137 cm³/mol. The van der Waals surface area contributed by atoms with Gasteiger partial charge in [0.15, 0.2) is 0 Å². The first-order chi connectivity index (χ1) is 15.2. The Morgan fingerprint density at radius 2 is 0.742 bits per heavy atom. The molecule has 4 aromatic carbocycles. The molecule has 0 fully saturated rings. The van der Waals surface area contributed by atoms with Gasteiger partial charge in [0, 0.05) is 7.11 Å². The van der Waals surface area contributed by atoms with Crippen LogP contribution in [0.15, 0.2) is 121 Å². The Morgan fingerprint density at radius 3 is 0.903 bits per heavy atom. The van der Waals surface area contributed by atoms with Gasteiger partial charge in [0.25, 0.3) is 0 Å². The molecule has 6 heteroatoms. The summed E-state index contributed by atoms with van der Waals surface area (Å²) in [5.41, 5.74) is 0. The minimum Gasteiger partial charge on any atom is -0.326 e. The van der Waals surface area contributed by atoms with Gasteiger partial charge in [0.05, 0.1) is 0 Å². The summed E-state index contributed by atoms with van der Waals surface area (Å²) < 4.78 is 19.2. The van der Waals surface area contributed by atoms with E-state index in [0.717, 1.165) is 0 Å². The van der Waals surface area contributed by atoms with Crippen molar-refractivity contribution in [3.05, 3.63) is 121 Å². The third-order valence-corrected chi connectivity index (χ3v) is 8.23. The number of hydrogen-bond donors (Lipinski definition) is 1. The second kappa shape index (κ2) is 15.8. The van der Waals surface area contributed by atoms with Gasteiger partial charge in [-0.2, -0.15) is 0 Å². The highest BCUT2D eigenvalue weighted by Crippen LogP contribution is 2.09. The maximum absolute atomic E-state index is 9.33. The quantitative estimate of drug-likeness (QED) is 0.367. The van der Waals surface area contributed by atoms with Crippen LogP contribution in [0.25, 0.3) is 0 Å². The second-order valence-corrected chi connectivity index (χ2v) is 11.7. The van der Waals surface area contributed by atoms with Gasteiger partial charge in [-0.3, -0.25) is 4.57 Å². The van der Waals surface area contributed by atoms with Crippen LogP contribution in [0.3, 0.4) is 0 Å². The molecule has 156 valence electrons. The lowest BCUT2D eigenvalue weighted by atomic mass is 10.4. The maximum atomic E-state index is 9.33. The summed E-state index contributed by atoms with van der Waals surface area (Å²) in [4.78, 5) is 7.69. The zero-order valence-corrected chi connectivity index (χ0v) is 21.6. The van der Waals surface area contributed by atoms with Crippen molar-refractivity contribution in [1.82, 2.24) is 0 Å². The molecule has 3 nitrogen and oxygen atoms in total. The van der Waals surface area contributed by atoms with Crippen LogP contribution in [-0.4, -0.2) is 42.4 Å². The fourth-order valence-corrected chi connectivity index (χ4v) is 5.83. The largest absolute Gasteiger partial charge is 0.326 e. The SMILES string of the molecule is CO[PH](=O)O.c1cc[c]([AlH][c]2ccccc2)cc1.c1cc[c]([AlH][c]2ccccc2)cc1. The second-order valence-electron chi connectivity index (χ2n) is 6.77. The van der Waals surface area contributed by atoms with Crippen LogP contribution >= 0.6 is 8.25 Å². The number of hydrogen-bond acceptors (Lipinski definition) is 2. The third-order valence-electron chi connectivity index (χ3n) is 4.36. The van der Waals surface area contributed by atoms with Crippen LogP contribution in [0.2, 0.25) is 0 Å². The van der Waals surface area contributed by atoms with Crippen molar-refractivity contribution in [2.24, 2.45) is 0 Å². The summed E-state index contributed by atoms with van der Waals surface area (Å²) in [5.74, 6) is 0. The van der Waals surface area contributed by atoms with Crippen molar-refractivity contribution in [2.75, 3.05) is 7.11 Å². The molecule has 1 unspecified atom stereocenters. The lowest BCUT2D eigenvalue weighted by Crippen LogP contribution is -2.26. The third kappa shape index (κ3) is 11.9. The summed E-state index contributed by atoms with van der Waals surface area (Å²) in [6.45, 7) is 0.